The lowest BCUT2D eigenvalue weighted by Gasteiger charge is -2.36. The molecule has 0 aliphatic carbocycles. The SMILES string of the molecule is Cl.NCC1CCCCN1C(=O)C1Cc2ccccc2O1. The number of halogens is 1. The monoisotopic (exact) mass is 296 g/mol. The minimum Gasteiger partial charge on any atom is -0.480 e. The van der Waals surface area contributed by atoms with Gasteiger partial charge in [0, 0.05) is 25.6 Å². The molecule has 2 heterocycles. The molecule has 0 spiro atoms. The molecule has 1 fully saturated rings. The van der Waals surface area contributed by atoms with Crippen molar-refractivity contribution in [3.8, 4) is 5.75 Å². The second kappa shape index (κ2) is 6.46. The summed E-state index contributed by atoms with van der Waals surface area (Å²) in [6, 6.07) is 8.07. The molecule has 1 amide bonds. The molecule has 110 valence electrons. The van der Waals surface area contributed by atoms with E-state index in [4.69, 9.17) is 10.5 Å². The molecule has 2 N–H and O–H groups in total. The van der Waals surface area contributed by atoms with E-state index in [2.05, 4.69) is 0 Å². The van der Waals surface area contributed by atoms with Gasteiger partial charge >= 0.3 is 0 Å². The number of rotatable bonds is 2. The topological polar surface area (TPSA) is 55.6 Å². The fourth-order valence-corrected chi connectivity index (χ4v) is 3.04. The smallest absolute Gasteiger partial charge is 0.264 e. The van der Waals surface area contributed by atoms with Gasteiger partial charge in [0.2, 0.25) is 0 Å². The lowest BCUT2D eigenvalue weighted by Crippen LogP contribution is -2.52. The van der Waals surface area contributed by atoms with Gasteiger partial charge < -0.3 is 15.4 Å². The molecule has 5 heteroatoms. The van der Waals surface area contributed by atoms with Crippen LogP contribution in [0.25, 0.3) is 0 Å². The Kier molecular flexibility index (Phi) is 4.89. The summed E-state index contributed by atoms with van der Waals surface area (Å²) in [5, 5.41) is 0. The van der Waals surface area contributed by atoms with E-state index in [1.807, 2.05) is 29.2 Å². The van der Waals surface area contributed by atoms with Crippen LogP contribution in [0.15, 0.2) is 24.3 Å². The maximum absolute atomic E-state index is 12.6. The quantitative estimate of drug-likeness (QED) is 0.904. The first kappa shape index (κ1) is 15.1. The van der Waals surface area contributed by atoms with Crippen LogP contribution >= 0.6 is 12.4 Å². The number of fused-ring (bicyclic) bond motifs is 1. The predicted octanol–water partition coefficient (Wildman–Crippen LogP) is 1.75. The molecule has 2 atom stereocenters. The highest BCUT2D eigenvalue weighted by Gasteiger charge is 2.35. The van der Waals surface area contributed by atoms with E-state index in [1.54, 1.807) is 0 Å². The number of para-hydroxylation sites is 1. The Morgan fingerprint density at radius 3 is 2.90 bits per heavy atom. The average Bonchev–Trinajstić information content (AvgIpc) is 2.90. The normalized spacial score (nSPS) is 24.6. The molecule has 1 aromatic carbocycles. The zero-order chi connectivity index (χ0) is 13.2. The van der Waals surface area contributed by atoms with E-state index in [1.165, 1.54) is 0 Å². The van der Waals surface area contributed by atoms with Crippen LogP contribution in [0.3, 0.4) is 0 Å². The summed E-state index contributed by atoms with van der Waals surface area (Å²) in [4.78, 5) is 14.5. The molecule has 0 saturated carbocycles. The Morgan fingerprint density at radius 1 is 1.35 bits per heavy atom. The molecule has 20 heavy (non-hydrogen) atoms. The highest BCUT2D eigenvalue weighted by atomic mass is 35.5. The van der Waals surface area contributed by atoms with E-state index in [0.717, 1.165) is 37.1 Å². The van der Waals surface area contributed by atoms with Gasteiger partial charge in [0.25, 0.3) is 5.91 Å². The molecule has 0 aromatic heterocycles. The number of benzene rings is 1. The number of carbonyl (C=O) groups excluding carboxylic acids is 1. The van der Waals surface area contributed by atoms with Crippen LogP contribution in [-0.2, 0) is 11.2 Å². The first-order valence-corrected chi connectivity index (χ1v) is 7.04. The van der Waals surface area contributed by atoms with Crippen molar-refractivity contribution in [3.63, 3.8) is 0 Å². The van der Waals surface area contributed by atoms with Gasteiger partial charge in [-0.3, -0.25) is 4.79 Å². The second-order valence-electron chi connectivity index (χ2n) is 5.34. The van der Waals surface area contributed by atoms with Gasteiger partial charge in [-0.05, 0) is 30.9 Å². The van der Waals surface area contributed by atoms with Gasteiger partial charge in [0.15, 0.2) is 6.10 Å². The third-order valence-electron chi connectivity index (χ3n) is 4.10. The van der Waals surface area contributed by atoms with Crippen LogP contribution in [0.4, 0.5) is 0 Å². The Labute approximate surface area is 125 Å². The minimum atomic E-state index is -0.357. The second-order valence-corrected chi connectivity index (χ2v) is 5.34. The number of amides is 1. The molecule has 1 saturated heterocycles. The van der Waals surface area contributed by atoms with Crippen LogP contribution < -0.4 is 10.5 Å². The van der Waals surface area contributed by atoms with E-state index in [0.29, 0.717) is 13.0 Å². The van der Waals surface area contributed by atoms with Gasteiger partial charge in [-0.25, -0.2) is 0 Å². The predicted molar refractivity (Wildman–Crippen MR) is 80.2 cm³/mol. The number of piperidine rings is 1. The van der Waals surface area contributed by atoms with Gasteiger partial charge in [-0.1, -0.05) is 18.2 Å². The summed E-state index contributed by atoms with van der Waals surface area (Å²) >= 11 is 0. The highest BCUT2D eigenvalue weighted by molar-refractivity contribution is 5.85. The number of hydrogen-bond acceptors (Lipinski definition) is 3. The van der Waals surface area contributed by atoms with Gasteiger partial charge in [0.05, 0.1) is 0 Å². The van der Waals surface area contributed by atoms with Crippen molar-refractivity contribution >= 4 is 18.3 Å². The van der Waals surface area contributed by atoms with Crippen molar-refractivity contribution in [2.45, 2.75) is 37.8 Å². The standard InChI is InChI=1S/C15H20N2O2.ClH/c16-10-12-6-3-4-8-17(12)15(18)14-9-11-5-1-2-7-13(11)19-14;/h1-2,5,7,12,14H,3-4,6,8-10,16H2;1H. The minimum absolute atomic E-state index is 0. The number of carbonyl (C=O) groups is 1. The molecule has 0 bridgehead atoms. The fraction of sp³-hybridized carbons (Fsp3) is 0.533. The van der Waals surface area contributed by atoms with E-state index in [9.17, 15) is 4.79 Å². The van der Waals surface area contributed by atoms with Crippen molar-refractivity contribution in [2.24, 2.45) is 5.73 Å². The lowest BCUT2D eigenvalue weighted by atomic mass is 10.0. The lowest BCUT2D eigenvalue weighted by molar-refractivity contribution is -0.141. The number of likely N-dealkylation sites (tertiary alicyclic amines) is 1. The van der Waals surface area contributed by atoms with Crippen LogP contribution in [0.1, 0.15) is 24.8 Å². The summed E-state index contributed by atoms with van der Waals surface area (Å²) in [5.41, 5.74) is 6.91. The Bertz CT molecular complexity index is 456. The third kappa shape index (κ3) is 2.76. The van der Waals surface area contributed by atoms with Crippen LogP contribution in [0.5, 0.6) is 5.75 Å². The fourth-order valence-electron chi connectivity index (χ4n) is 3.04. The van der Waals surface area contributed by atoms with Crippen molar-refractivity contribution in [2.75, 3.05) is 13.1 Å². The first-order chi connectivity index (χ1) is 9.29. The van der Waals surface area contributed by atoms with Crippen LogP contribution in [-0.4, -0.2) is 36.0 Å². The van der Waals surface area contributed by atoms with Crippen molar-refractivity contribution in [1.29, 1.82) is 0 Å². The Morgan fingerprint density at radius 2 is 2.15 bits per heavy atom. The molecular weight excluding hydrogens is 276 g/mol. The van der Waals surface area contributed by atoms with E-state index in [-0.39, 0.29) is 30.5 Å². The zero-order valence-corrected chi connectivity index (χ0v) is 12.3. The summed E-state index contributed by atoms with van der Waals surface area (Å²) < 4.78 is 5.78. The molecule has 2 aliphatic rings. The largest absolute Gasteiger partial charge is 0.480 e. The third-order valence-corrected chi connectivity index (χ3v) is 4.10. The van der Waals surface area contributed by atoms with Crippen molar-refractivity contribution in [1.82, 2.24) is 4.90 Å². The summed E-state index contributed by atoms with van der Waals surface area (Å²) in [6.45, 7) is 1.36. The summed E-state index contributed by atoms with van der Waals surface area (Å²) in [6.07, 6.45) is 3.58. The Balaban J connectivity index is 0.00000147. The van der Waals surface area contributed by atoms with Gasteiger partial charge in [0.1, 0.15) is 5.75 Å². The zero-order valence-electron chi connectivity index (χ0n) is 11.5. The first-order valence-electron chi connectivity index (χ1n) is 7.04. The molecule has 1 aromatic rings. The van der Waals surface area contributed by atoms with Crippen molar-refractivity contribution < 1.29 is 9.53 Å². The number of nitrogens with two attached hydrogens (primary N) is 1. The molecule has 3 rings (SSSR count). The van der Waals surface area contributed by atoms with Crippen molar-refractivity contribution in [3.05, 3.63) is 29.8 Å². The number of ether oxygens (including phenoxy) is 1. The maximum Gasteiger partial charge on any atom is 0.264 e. The summed E-state index contributed by atoms with van der Waals surface area (Å²) in [5.74, 6) is 0.952. The number of hydrogen-bond donors (Lipinski definition) is 1. The van der Waals surface area contributed by atoms with Crippen LogP contribution in [0.2, 0.25) is 0 Å². The van der Waals surface area contributed by atoms with Gasteiger partial charge in [-0.2, -0.15) is 0 Å². The summed E-state index contributed by atoms with van der Waals surface area (Å²) in [7, 11) is 0. The van der Waals surface area contributed by atoms with E-state index >= 15 is 0 Å². The Hall–Kier alpha value is -1.26. The van der Waals surface area contributed by atoms with Crippen LogP contribution in [0, 0.1) is 0 Å². The number of nitrogens with zero attached hydrogens (tertiary/aromatic N) is 1. The average molecular weight is 297 g/mol. The van der Waals surface area contributed by atoms with E-state index < -0.39 is 0 Å². The molecule has 4 nitrogen and oxygen atoms in total. The molecule has 2 aliphatic heterocycles. The maximum atomic E-state index is 12.6. The molecule has 2 unspecified atom stereocenters. The molecular formula is C15H21ClN2O2. The van der Waals surface area contributed by atoms with Gasteiger partial charge in [-0.15, -0.1) is 12.4 Å². The highest BCUT2D eigenvalue weighted by Crippen LogP contribution is 2.30. The molecule has 0 radical (unpaired) electrons.